The lowest BCUT2D eigenvalue weighted by molar-refractivity contribution is 0.146. The molecule has 4 nitrogen and oxygen atoms in total. The summed E-state index contributed by atoms with van der Waals surface area (Å²) in [5.74, 6) is 0. The highest BCUT2D eigenvalue weighted by molar-refractivity contribution is 5.84. The highest BCUT2D eigenvalue weighted by atomic mass is 16.5. The number of hydrogen-bond donors (Lipinski definition) is 1. The fraction of sp³-hybridized carbons (Fsp3) is 0.875. The first-order chi connectivity index (χ1) is 5.86. The Morgan fingerprint density at radius 3 is 2.67 bits per heavy atom. The van der Waals surface area contributed by atoms with Crippen LogP contribution in [0.4, 0.5) is 0 Å². The van der Waals surface area contributed by atoms with Crippen LogP contribution in [-0.4, -0.2) is 49.2 Å². The standard InChI is InChI=1S/C8H16N2O2/c1-12-7-6-10-4-2-8(9-11)3-5-10/h11H,2-7H2,1H3. The van der Waals surface area contributed by atoms with Crippen molar-refractivity contribution >= 4 is 5.71 Å². The summed E-state index contributed by atoms with van der Waals surface area (Å²) in [6, 6.07) is 0. The highest BCUT2D eigenvalue weighted by Gasteiger charge is 2.14. The fourth-order valence-electron chi connectivity index (χ4n) is 1.36. The molecule has 0 atom stereocenters. The normalized spacial score (nSPS) is 19.6. The molecule has 0 unspecified atom stereocenters. The van der Waals surface area contributed by atoms with E-state index in [-0.39, 0.29) is 0 Å². The van der Waals surface area contributed by atoms with Crippen LogP contribution in [0.3, 0.4) is 0 Å². The van der Waals surface area contributed by atoms with Gasteiger partial charge in [0.25, 0.3) is 0 Å². The minimum Gasteiger partial charge on any atom is -0.411 e. The average molecular weight is 172 g/mol. The van der Waals surface area contributed by atoms with Crippen LogP contribution < -0.4 is 0 Å². The molecule has 1 fully saturated rings. The van der Waals surface area contributed by atoms with Crippen molar-refractivity contribution in [2.45, 2.75) is 12.8 Å². The average Bonchev–Trinajstić information content (AvgIpc) is 2.15. The number of piperidine rings is 1. The van der Waals surface area contributed by atoms with Crippen molar-refractivity contribution in [3.63, 3.8) is 0 Å². The van der Waals surface area contributed by atoms with Gasteiger partial charge >= 0.3 is 0 Å². The van der Waals surface area contributed by atoms with Crippen LogP contribution >= 0.6 is 0 Å². The first-order valence-electron chi connectivity index (χ1n) is 4.28. The zero-order valence-corrected chi connectivity index (χ0v) is 7.49. The van der Waals surface area contributed by atoms with Crippen LogP contribution in [0.1, 0.15) is 12.8 Å². The van der Waals surface area contributed by atoms with Crippen molar-refractivity contribution < 1.29 is 9.94 Å². The second-order valence-electron chi connectivity index (χ2n) is 3.00. The summed E-state index contributed by atoms with van der Waals surface area (Å²) in [5.41, 5.74) is 0.920. The van der Waals surface area contributed by atoms with Crippen LogP contribution in [0.2, 0.25) is 0 Å². The number of methoxy groups -OCH3 is 1. The van der Waals surface area contributed by atoms with Gasteiger partial charge in [0.05, 0.1) is 12.3 Å². The van der Waals surface area contributed by atoms with Crippen LogP contribution in [0.25, 0.3) is 0 Å². The van der Waals surface area contributed by atoms with E-state index >= 15 is 0 Å². The summed E-state index contributed by atoms with van der Waals surface area (Å²) < 4.78 is 4.98. The van der Waals surface area contributed by atoms with Gasteiger partial charge in [-0.15, -0.1) is 0 Å². The molecule has 1 saturated heterocycles. The highest BCUT2D eigenvalue weighted by Crippen LogP contribution is 2.06. The van der Waals surface area contributed by atoms with E-state index in [0.717, 1.165) is 44.8 Å². The van der Waals surface area contributed by atoms with Gasteiger partial charge in [-0.1, -0.05) is 5.16 Å². The van der Waals surface area contributed by atoms with E-state index in [1.165, 1.54) is 0 Å². The maximum Gasteiger partial charge on any atom is 0.0596 e. The predicted octanol–water partition coefficient (Wildman–Crippen LogP) is 0.559. The minimum absolute atomic E-state index is 0.783. The van der Waals surface area contributed by atoms with E-state index in [1.54, 1.807) is 7.11 Å². The number of ether oxygens (including phenoxy) is 1. The predicted molar refractivity (Wildman–Crippen MR) is 46.8 cm³/mol. The molecule has 1 aliphatic rings. The van der Waals surface area contributed by atoms with Gasteiger partial charge in [-0.3, -0.25) is 0 Å². The smallest absolute Gasteiger partial charge is 0.0596 e. The second kappa shape index (κ2) is 5.11. The summed E-state index contributed by atoms with van der Waals surface area (Å²) in [5, 5.41) is 11.7. The molecule has 1 rings (SSSR count). The van der Waals surface area contributed by atoms with Crippen molar-refractivity contribution in [3.05, 3.63) is 0 Å². The number of nitrogens with zero attached hydrogens (tertiary/aromatic N) is 2. The van der Waals surface area contributed by atoms with Crippen LogP contribution in [0.5, 0.6) is 0 Å². The topological polar surface area (TPSA) is 45.1 Å². The van der Waals surface area contributed by atoms with E-state index < -0.39 is 0 Å². The summed E-state index contributed by atoms with van der Waals surface area (Å²) in [4.78, 5) is 2.32. The molecule has 0 bridgehead atoms. The summed E-state index contributed by atoms with van der Waals surface area (Å²) in [6.07, 6.45) is 1.78. The maximum absolute atomic E-state index is 8.50. The zero-order chi connectivity index (χ0) is 8.81. The molecular formula is C8H16N2O2. The van der Waals surface area contributed by atoms with Crippen molar-refractivity contribution in [3.8, 4) is 0 Å². The Labute approximate surface area is 72.8 Å². The fourth-order valence-corrected chi connectivity index (χ4v) is 1.36. The Morgan fingerprint density at radius 1 is 1.50 bits per heavy atom. The van der Waals surface area contributed by atoms with Crippen LogP contribution in [0, 0.1) is 0 Å². The van der Waals surface area contributed by atoms with Gasteiger partial charge in [0.1, 0.15) is 0 Å². The van der Waals surface area contributed by atoms with Gasteiger partial charge < -0.3 is 14.8 Å². The summed E-state index contributed by atoms with van der Waals surface area (Å²) >= 11 is 0. The van der Waals surface area contributed by atoms with Gasteiger partial charge in [-0.2, -0.15) is 0 Å². The van der Waals surface area contributed by atoms with Gasteiger partial charge in [0, 0.05) is 39.6 Å². The Balaban J connectivity index is 2.17. The van der Waals surface area contributed by atoms with E-state index in [2.05, 4.69) is 10.1 Å². The first kappa shape index (κ1) is 9.48. The van der Waals surface area contributed by atoms with Gasteiger partial charge in [0.15, 0.2) is 0 Å². The molecule has 70 valence electrons. The van der Waals surface area contributed by atoms with Crippen molar-refractivity contribution in [1.82, 2.24) is 4.90 Å². The maximum atomic E-state index is 8.50. The third kappa shape index (κ3) is 2.79. The summed E-state index contributed by atoms with van der Waals surface area (Å²) in [7, 11) is 1.71. The number of likely N-dealkylation sites (tertiary alicyclic amines) is 1. The molecule has 0 aromatic rings. The third-order valence-electron chi connectivity index (χ3n) is 2.19. The monoisotopic (exact) mass is 172 g/mol. The van der Waals surface area contributed by atoms with E-state index in [1.807, 2.05) is 0 Å². The zero-order valence-electron chi connectivity index (χ0n) is 7.49. The Kier molecular flexibility index (Phi) is 4.04. The van der Waals surface area contributed by atoms with Gasteiger partial charge in [-0.25, -0.2) is 0 Å². The molecule has 12 heavy (non-hydrogen) atoms. The van der Waals surface area contributed by atoms with Crippen molar-refractivity contribution in [2.24, 2.45) is 5.16 Å². The first-order valence-corrected chi connectivity index (χ1v) is 4.28. The molecular weight excluding hydrogens is 156 g/mol. The molecule has 0 aromatic carbocycles. The quantitative estimate of drug-likeness (QED) is 0.499. The van der Waals surface area contributed by atoms with Crippen LogP contribution in [0.15, 0.2) is 5.16 Å². The lowest BCUT2D eigenvalue weighted by atomic mass is 10.1. The van der Waals surface area contributed by atoms with E-state index in [9.17, 15) is 0 Å². The van der Waals surface area contributed by atoms with Gasteiger partial charge in [-0.05, 0) is 0 Å². The molecule has 0 spiro atoms. The molecule has 0 saturated carbocycles. The Morgan fingerprint density at radius 2 is 2.17 bits per heavy atom. The molecule has 1 heterocycles. The van der Waals surface area contributed by atoms with Crippen molar-refractivity contribution in [1.29, 1.82) is 0 Å². The molecule has 0 aliphatic carbocycles. The molecule has 0 amide bonds. The Bertz CT molecular complexity index is 149. The van der Waals surface area contributed by atoms with Crippen molar-refractivity contribution in [2.75, 3.05) is 33.4 Å². The molecule has 1 N–H and O–H groups in total. The van der Waals surface area contributed by atoms with E-state index in [4.69, 9.17) is 9.94 Å². The number of oxime groups is 1. The lowest BCUT2D eigenvalue weighted by Gasteiger charge is -2.26. The Hall–Kier alpha value is -0.610. The molecule has 4 heteroatoms. The minimum atomic E-state index is 0.783. The second-order valence-corrected chi connectivity index (χ2v) is 3.00. The number of rotatable bonds is 3. The largest absolute Gasteiger partial charge is 0.411 e. The lowest BCUT2D eigenvalue weighted by Crippen LogP contribution is -2.36. The van der Waals surface area contributed by atoms with Gasteiger partial charge in [0.2, 0.25) is 0 Å². The third-order valence-corrected chi connectivity index (χ3v) is 2.19. The van der Waals surface area contributed by atoms with Crippen LogP contribution in [-0.2, 0) is 4.74 Å². The molecule has 0 radical (unpaired) electrons. The SMILES string of the molecule is COCCN1CCC(=NO)CC1. The van der Waals surface area contributed by atoms with E-state index in [0.29, 0.717) is 0 Å². The molecule has 0 aromatic heterocycles. The number of hydrogen-bond acceptors (Lipinski definition) is 4. The molecule has 1 aliphatic heterocycles. The summed E-state index contributed by atoms with van der Waals surface area (Å²) in [6.45, 7) is 3.74.